The van der Waals surface area contributed by atoms with Crippen LogP contribution in [0.5, 0.6) is 0 Å². The summed E-state index contributed by atoms with van der Waals surface area (Å²) in [7, 11) is 0. The fourth-order valence-electron chi connectivity index (χ4n) is 2.17. The molecule has 90 valence electrons. The van der Waals surface area contributed by atoms with Gasteiger partial charge in [-0.15, -0.1) is 24.8 Å². The molecule has 4 nitrogen and oxygen atoms in total. The van der Waals surface area contributed by atoms with E-state index in [0.717, 1.165) is 13.0 Å². The number of hydrogen-bond acceptors (Lipinski definition) is 4. The van der Waals surface area contributed by atoms with Crippen LogP contribution in [0.2, 0.25) is 0 Å². The average Bonchev–Trinajstić information content (AvgIpc) is 2.48. The molecule has 0 spiro atoms. The first-order valence-electron chi connectivity index (χ1n) is 4.97. The van der Waals surface area contributed by atoms with E-state index in [1.165, 1.54) is 6.42 Å². The second-order valence-corrected chi connectivity index (χ2v) is 3.69. The van der Waals surface area contributed by atoms with Gasteiger partial charge in [0.2, 0.25) is 0 Å². The number of hydrogen-bond donors (Lipinski definition) is 2. The van der Waals surface area contributed by atoms with Crippen molar-refractivity contribution in [2.24, 2.45) is 0 Å². The summed E-state index contributed by atoms with van der Waals surface area (Å²) in [4.78, 5) is 11.5. The summed E-state index contributed by atoms with van der Waals surface area (Å²) in [5.41, 5.74) is 0. The third-order valence-electron chi connectivity index (χ3n) is 2.80. The molecular formula is C9H18Cl2N2O2. The lowest BCUT2D eigenvalue weighted by Gasteiger charge is -2.29. The summed E-state index contributed by atoms with van der Waals surface area (Å²) in [6.07, 6.45) is 2.26. The Kier molecular flexibility index (Phi) is 6.52. The monoisotopic (exact) mass is 256 g/mol. The third kappa shape index (κ3) is 3.21. The van der Waals surface area contributed by atoms with E-state index in [4.69, 9.17) is 4.74 Å². The Hall–Kier alpha value is -0.0300. The lowest BCUT2D eigenvalue weighted by molar-refractivity contribution is -0.146. The predicted molar refractivity (Wildman–Crippen MR) is 62.9 cm³/mol. The Balaban J connectivity index is 0.000000980. The van der Waals surface area contributed by atoms with Gasteiger partial charge in [0.25, 0.3) is 0 Å². The molecule has 0 aromatic heterocycles. The number of nitrogens with one attached hydrogen (secondary N) is 2. The zero-order valence-electron chi connectivity index (χ0n) is 8.69. The minimum atomic E-state index is -0.126. The first-order valence-corrected chi connectivity index (χ1v) is 4.97. The number of ether oxygens (including phenoxy) is 1. The molecule has 2 N–H and O–H groups in total. The van der Waals surface area contributed by atoms with Gasteiger partial charge < -0.3 is 15.4 Å². The molecule has 2 aliphatic rings. The molecule has 2 fully saturated rings. The molecule has 0 aromatic rings. The van der Waals surface area contributed by atoms with Gasteiger partial charge >= 0.3 is 5.97 Å². The summed E-state index contributed by atoms with van der Waals surface area (Å²) >= 11 is 0. The van der Waals surface area contributed by atoms with Gasteiger partial charge in [0.05, 0.1) is 6.61 Å². The van der Waals surface area contributed by atoms with E-state index >= 15 is 0 Å². The van der Waals surface area contributed by atoms with Crippen molar-refractivity contribution in [2.45, 2.75) is 37.9 Å². The van der Waals surface area contributed by atoms with Gasteiger partial charge in [-0.05, 0) is 19.8 Å². The number of carbonyl (C=O) groups excluding carboxylic acids is 1. The molecule has 0 aromatic carbocycles. The first kappa shape index (κ1) is 15.0. The van der Waals surface area contributed by atoms with Crippen LogP contribution in [0.15, 0.2) is 0 Å². The van der Waals surface area contributed by atoms with Crippen molar-refractivity contribution >= 4 is 30.8 Å². The van der Waals surface area contributed by atoms with Crippen LogP contribution in [0, 0.1) is 0 Å². The molecule has 2 aliphatic heterocycles. The van der Waals surface area contributed by atoms with Crippen molar-refractivity contribution in [1.82, 2.24) is 10.6 Å². The fraction of sp³-hybridized carbons (Fsp3) is 0.889. The average molecular weight is 257 g/mol. The lowest BCUT2D eigenvalue weighted by atomic mass is 10.1. The number of piperazine rings is 1. The van der Waals surface area contributed by atoms with Gasteiger partial charge in [-0.3, -0.25) is 4.79 Å². The van der Waals surface area contributed by atoms with Crippen LogP contribution in [0.1, 0.15) is 19.8 Å². The van der Waals surface area contributed by atoms with Gasteiger partial charge in [0.1, 0.15) is 6.04 Å². The smallest absolute Gasteiger partial charge is 0.324 e. The Morgan fingerprint density at radius 2 is 2.13 bits per heavy atom. The molecule has 6 heteroatoms. The minimum absolute atomic E-state index is 0. The highest BCUT2D eigenvalue weighted by molar-refractivity contribution is 5.85. The molecule has 2 bridgehead atoms. The van der Waals surface area contributed by atoms with Crippen LogP contribution in [0.4, 0.5) is 0 Å². The van der Waals surface area contributed by atoms with Gasteiger partial charge in [0, 0.05) is 18.6 Å². The highest BCUT2D eigenvalue weighted by atomic mass is 35.5. The summed E-state index contributed by atoms with van der Waals surface area (Å²) in [6.45, 7) is 3.19. The van der Waals surface area contributed by atoms with Gasteiger partial charge in [-0.2, -0.15) is 0 Å². The van der Waals surface area contributed by atoms with E-state index in [1.54, 1.807) is 0 Å². The maximum absolute atomic E-state index is 11.5. The molecule has 0 saturated carbocycles. The molecule has 0 unspecified atom stereocenters. The fourth-order valence-corrected chi connectivity index (χ4v) is 2.17. The second-order valence-electron chi connectivity index (χ2n) is 3.69. The van der Waals surface area contributed by atoms with Gasteiger partial charge in [-0.25, -0.2) is 0 Å². The summed E-state index contributed by atoms with van der Waals surface area (Å²) < 4.78 is 4.99. The van der Waals surface area contributed by atoms with Crippen molar-refractivity contribution in [3.63, 3.8) is 0 Å². The maximum Gasteiger partial charge on any atom is 0.324 e. The second kappa shape index (κ2) is 6.53. The van der Waals surface area contributed by atoms with Crippen LogP contribution < -0.4 is 10.6 Å². The Morgan fingerprint density at radius 1 is 1.40 bits per heavy atom. The van der Waals surface area contributed by atoms with E-state index < -0.39 is 0 Å². The molecule has 2 saturated heterocycles. The largest absolute Gasteiger partial charge is 0.465 e. The van der Waals surface area contributed by atoms with E-state index in [-0.39, 0.29) is 42.9 Å². The van der Waals surface area contributed by atoms with Crippen LogP contribution in [-0.4, -0.2) is 37.2 Å². The van der Waals surface area contributed by atoms with Crippen LogP contribution in [0.3, 0.4) is 0 Å². The normalized spacial score (nSPS) is 32.5. The first-order chi connectivity index (χ1) is 6.31. The molecule has 0 radical (unpaired) electrons. The van der Waals surface area contributed by atoms with Crippen molar-refractivity contribution in [2.75, 3.05) is 13.2 Å². The number of carbonyl (C=O) groups is 1. The zero-order chi connectivity index (χ0) is 9.26. The van der Waals surface area contributed by atoms with E-state index in [1.807, 2.05) is 6.92 Å². The van der Waals surface area contributed by atoms with Crippen molar-refractivity contribution in [1.29, 1.82) is 0 Å². The summed E-state index contributed by atoms with van der Waals surface area (Å²) in [5.74, 6) is -0.111. The zero-order valence-corrected chi connectivity index (χ0v) is 10.3. The molecule has 2 rings (SSSR count). The highest BCUT2D eigenvalue weighted by Gasteiger charge is 2.39. The van der Waals surface area contributed by atoms with Crippen molar-refractivity contribution < 1.29 is 9.53 Å². The summed E-state index contributed by atoms with van der Waals surface area (Å²) in [6, 6.07) is 0.729. The van der Waals surface area contributed by atoms with Crippen molar-refractivity contribution in [3.05, 3.63) is 0 Å². The number of esters is 1. The van der Waals surface area contributed by atoms with E-state index in [0.29, 0.717) is 12.6 Å². The van der Waals surface area contributed by atoms with Crippen molar-refractivity contribution in [3.8, 4) is 0 Å². The third-order valence-corrected chi connectivity index (χ3v) is 2.80. The van der Waals surface area contributed by atoms with E-state index in [2.05, 4.69) is 10.6 Å². The Morgan fingerprint density at radius 3 is 2.80 bits per heavy atom. The van der Waals surface area contributed by atoms with Gasteiger partial charge in [-0.1, -0.05) is 0 Å². The summed E-state index contributed by atoms with van der Waals surface area (Å²) in [5, 5.41) is 6.65. The van der Waals surface area contributed by atoms with E-state index in [9.17, 15) is 4.79 Å². The maximum atomic E-state index is 11.5. The highest BCUT2D eigenvalue weighted by Crippen LogP contribution is 2.19. The molecule has 3 atom stereocenters. The molecule has 15 heavy (non-hydrogen) atoms. The standard InChI is InChI=1S/C9H16N2O2.2ClH/c1-2-13-9(12)8-7-4-3-6(11-7)5-10-8;;/h6-8,10-11H,2-5H2,1H3;2*1H/t6-,7+,8-;;/m1../s1. The Labute approximate surface area is 102 Å². The van der Waals surface area contributed by atoms with Gasteiger partial charge in [0.15, 0.2) is 0 Å². The van der Waals surface area contributed by atoms with Crippen LogP contribution >= 0.6 is 24.8 Å². The predicted octanol–water partition coefficient (Wildman–Crippen LogP) is 0.485. The minimum Gasteiger partial charge on any atom is -0.465 e. The van der Waals surface area contributed by atoms with Crippen LogP contribution in [0.25, 0.3) is 0 Å². The molecule has 2 heterocycles. The Bertz CT molecular complexity index is 216. The SMILES string of the molecule is CCOC(=O)[C@@H]1NC[C@H]2CC[C@@H]1N2.Cl.Cl. The number of fused-ring (bicyclic) bond motifs is 2. The molecular weight excluding hydrogens is 239 g/mol. The number of rotatable bonds is 2. The molecule has 0 amide bonds. The topological polar surface area (TPSA) is 50.4 Å². The van der Waals surface area contributed by atoms with Crippen LogP contribution in [-0.2, 0) is 9.53 Å². The number of halogens is 2. The lowest BCUT2D eigenvalue weighted by Crippen LogP contribution is -2.59. The quantitative estimate of drug-likeness (QED) is 0.707. The molecule has 0 aliphatic carbocycles.